The number of aliphatic hydroxyl groups excluding tert-OH is 7. The van der Waals surface area contributed by atoms with Crippen LogP contribution in [0.4, 0.5) is 0 Å². The molecule has 2 fully saturated rings. The summed E-state index contributed by atoms with van der Waals surface area (Å²) in [7, 11) is 0. The maximum absolute atomic E-state index is 10.1. The lowest BCUT2D eigenvalue weighted by Crippen LogP contribution is -2.63. The molecule has 0 amide bonds. The van der Waals surface area contributed by atoms with Crippen LogP contribution in [0.2, 0.25) is 0 Å². The highest BCUT2D eigenvalue weighted by Gasteiger charge is 2.58. The van der Waals surface area contributed by atoms with Crippen LogP contribution in [-0.4, -0.2) is 116 Å². The molecule has 9 atom stereocenters. The van der Waals surface area contributed by atoms with Crippen molar-refractivity contribution in [3.05, 3.63) is 0 Å². The average molecular weight is 358 g/mol. The molecule has 0 saturated carbocycles. The molecule has 12 nitrogen and oxygen atoms in total. The van der Waals surface area contributed by atoms with Gasteiger partial charge < -0.3 is 50.0 Å². The standard InChI is InChI=1S/C12H22O12/c13-1-4-6(16)9(24-20)8(18)11(21-4)23-12(3-15)10(19)7(17)5(2-14)22-12/h4-11,13-20H,1-3H2/t4-,5-,6-,7-,8-,9+,10+,11-,12+/m1/s1. The fourth-order valence-electron chi connectivity index (χ4n) is 2.74. The maximum Gasteiger partial charge on any atom is 0.224 e. The summed E-state index contributed by atoms with van der Waals surface area (Å²) in [5, 5.41) is 76.2. The lowest BCUT2D eigenvalue weighted by atomic mass is 9.99. The van der Waals surface area contributed by atoms with E-state index < -0.39 is 74.6 Å². The molecule has 2 saturated heterocycles. The van der Waals surface area contributed by atoms with E-state index in [4.69, 9.17) is 24.6 Å². The number of hydrogen-bond donors (Lipinski definition) is 8. The van der Waals surface area contributed by atoms with Gasteiger partial charge in [0.1, 0.15) is 43.2 Å². The molecule has 0 bridgehead atoms. The van der Waals surface area contributed by atoms with Gasteiger partial charge in [-0.3, -0.25) is 5.26 Å². The molecular weight excluding hydrogens is 336 g/mol. The molecule has 2 heterocycles. The highest BCUT2D eigenvalue weighted by Crippen LogP contribution is 2.36. The van der Waals surface area contributed by atoms with E-state index in [1.165, 1.54) is 0 Å². The minimum Gasteiger partial charge on any atom is -0.394 e. The quantitative estimate of drug-likeness (QED) is 0.166. The lowest BCUT2D eigenvalue weighted by Gasteiger charge is -2.43. The molecule has 0 spiro atoms. The summed E-state index contributed by atoms with van der Waals surface area (Å²) in [5.74, 6) is -2.25. The second-order valence-corrected chi connectivity index (χ2v) is 5.64. The van der Waals surface area contributed by atoms with E-state index in [1.807, 2.05) is 0 Å². The number of ether oxygens (including phenoxy) is 3. The molecule has 0 aromatic carbocycles. The molecule has 142 valence electrons. The van der Waals surface area contributed by atoms with E-state index in [-0.39, 0.29) is 0 Å². The summed E-state index contributed by atoms with van der Waals surface area (Å²) in [4.78, 5) is 3.97. The normalized spacial score (nSPS) is 49.5. The average Bonchev–Trinajstić information content (AvgIpc) is 2.83. The highest BCUT2D eigenvalue weighted by atomic mass is 17.1. The molecule has 0 unspecified atom stereocenters. The third-order valence-corrected chi connectivity index (χ3v) is 4.17. The fourth-order valence-corrected chi connectivity index (χ4v) is 2.74. The van der Waals surface area contributed by atoms with Crippen molar-refractivity contribution in [3.8, 4) is 0 Å². The van der Waals surface area contributed by atoms with E-state index in [1.54, 1.807) is 0 Å². The van der Waals surface area contributed by atoms with Crippen molar-refractivity contribution in [2.75, 3.05) is 19.8 Å². The lowest BCUT2D eigenvalue weighted by molar-refractivity contribution is -0.412. The topological polar surface area (TPSA) is 199 Å². The van der Waals surface area contributed by atoms with Gasteiger partial charge in [0.25, 0.3) is 0 Å². The zero-order valence-electron chi connectivity index (χ0n) is 12.5. The minimum absolute atomic E-state index is 0.683. The Bertz CT molecular complexity index is 409. The summed E-state index contributed by atoms with van der Waals surface area (Å²) in [5.41, 5.74) is 0. The Morgan fingerprint density at radius 1 is 0.875 bits per heavy atom. The van der Waals surface area contributed by atoms with Crippen LogP contribution >= 0.6 is 0 Å². The van der Waals surface area contributed by atoms with Crippen LogP contribution in [0.25, 0.3) is 0 Å². The third kappa shape index (κ3) is 3.29. The molecule has 12 heteroatoms. The van der Waals surface area contributed by atoms with Crippen LogP contribution in [0.5, 0.6) is 0 Å². The Morgan fingerprint density at radius 3 is 1.96 bits per heavy atom. The molecular formula is C12H22O12. The van der Waals surface area contributed by atoms with Crippen LogP contribution in [0.1, 0.15) is 0 Å². The van der Waals surface area contributed by atoms with Crippen LogP contribution in [0.3, 0.4) is 0 Å². The summed E-state index contributed by atoms with van der Waals surface area (Å²) in [6.45, 7) is -2.38. The van der Waals surface area contributed by atoms with Crippen LogP contribution < -0.4 is 0 Å². The molecule has 8 N–H and O–H groups in total. The summed E-state index contributed by atoms with van der Waals surface area (Å²) in [6.07, 6.45) is -12.7. The van der Waals surface area contributed by atoms with Crippen molar-refractivity contribution in [1.29, 1.82) is 0 Å². The number of aliphatic hydroxyl groups is 7. The van der Waals surface area contributed by atoms with Gasteiger partial charge in [0.15, 0.2) is 12.4 Å². The molecule has 2 aliphatic rings. The van der Waals surface area contributed by atoms with Crippen molar-refractivity contribution in [2.45, 2.75) is 54.8 Å². The van der Waals surface area contributed by atoms with Gasteiger partial charge in [-0.25, -0.2) is 4.89 Å². The predicted octanol–water partition coefficient (Wildman–Crippen LogP) is -4.90. The van der Waals surface area contributed by atoms with E-state index in [2.05, 4.69) is 4.89 Å². The Balaban J connectivity index is 2.20. The van der Waals surface area contributed by atoms with Gasteiger partial charge in [-0.15, -0.1) is 0 Å². The number of rotatable bonds is 6. The molecule has 0 aromatic heterocycles. The SMILES string of the molecule is OC[C@H]1O[C@@](CO)(O[C@H]2O[C@H](CO)[C@@H](O)[C@H](OO)[C@H]2O)[C@@H](O)[C@@H]1O. The van der Waals surface area contributed by atoms with Crippen LogP contribution in [0, 0.1) is 0 Å². The second kappa shape index (κ2) is 7.82. The zero-order valence-corrected chi connectivity index (χ0v) is 12.5. The van der Waals surface area contributed by atoms with E-state index in [0.717, 1.165) is 0 Å². The first-order chi connectivity index (χ1) is 11.3. The molecule has 24 heavy (non-hydrogen) atoms. The largest absolute Gasteiger partial charge is 0.394 e. The van der Waals surface area contributed by atoms with Gasteiger partial charge in [0, 0.05) is 0 Å². The van der Waals surface area contributed by atoms with Crippen molar-refractivity contribution in [3.63, 3.8) is 0 Å². The minimum atomic E-state index is -2.25. The summed E-state index contributed by atoms with van der Waals surface area (Å²) >= 11 is 0. The van der Waals surface area contributed by atoms with Crippen molar-refractivity contribution < 1.29 is 60.1 Å². The highest BCUT2D eigenvalue weighted by molar-refractivity contribution is 4.98. The maximum atomic E-state index is 10.1. The van der Waals surface area contributed by atoms with Gasteiger partial charge in [-0.05, 0) is 0 Å². The van der Waals surface area contributed by atoms with Gasteiger partial charge in [-0.2, -0.15) is 0 Å². The molecule has 2 aliphatic heterocycles. The van der Waals surface area contributed by atoms with Crippen molar-refractivity contribution >= 4 is 0 Å². The zero-order chi connectivity index (χ0) is 18.1. The first kappa shape index (κ1) is 19.8. The first-order valence-electron chi connectivity index (χ1n) is 7.21. The van der Waals surface area contributed by atoms with E-state index in [9.17, 15) is 30.6 Å². The molecule has 0 radical (unpaired) electrons. The van der Waals surface area contributed by atoms with E-state index in [0.29, 0.717) is 0 Å². The van der Waals surface area contributed by atoms with Crippen molar-refractivity contribution in [2.24, 2.45) is 0 Å². The van der Waals surface area contributed by atoms with Crippen LogP contribution in [-0.2, 0) is 19.1 Å². The predicted molar refractivity (Wildman–Crippen MR) is 70.1 cm³/mol. The van der Waals surface area contributed by atoms with Gasteiger partial charge in [0.05, 0.1) is 13.2 Å². The Kier molecular flexibility index (Phi) is 6.46. The van der Waals surface area contributed by atoms with Gasteiger partial charge in [-0.1, -0.05) is 0 Å². The van der Waals surface area contributed by atoms with Gasteiger partial charge >= 0.3 is 0 Å². The molecule has 0 aromatic rings. The molecule has 0 aliphatic carbocycles. The Hall–Kier alpha value is -0.480. The molecule has 2 rings (SSSR count). The Morgan fingerprint density at radius 2 is 1.50 bits per heavy atom. The Labute approximate surface area is 135 Å². The summed E-state index contributed by atoms with van der Waals surface area (Å²) < 4.78 is 15.5. The van der Waals surface area contributed by atoms with Gasteiger partial charge in [0.2, 0.25) is 5.79 Å². The van der Waals surface area contributed by atoms with Crippen molar-refractivity contribution in [1.82, 2.24) is 0 Å². The first-order valence-corrected chi connectivity index (χ1v) is 7.21. The van der Waals surface area contributed by atoms with Crippen LogP contribution in [0.15, 0.2) is 0 Å². The third-order valence-electron chi connectivity index (χ3n) is 4.17. The second-order valence-electron chi connectivity index (χ2n) is 5.64. The fraction of sp³-hybridized carbons (Fsp3) is 1.00. The number of hydrogen-bond acceptors (Lipinski definition) is 12. The summed E-state index contributed by atoms with van der Waals surface area (Å²) in [6, 6.07) is 0. The smallest absolute Gasteiger partial charge is 0.224 e. The monoisotopic (exact) mass is 358 g/mol. The van der Waals surface area contributed by atoms with E-state index >= 15 is 0 Å².